The predicted molar refractivity (Wildman–Crippen MR) is 82.8 cm³/mol. The van der Waals surface area contributed by atoms with Gasteiger partial charge in [-0.25, -0.2) is 0 Å². The van der Waals surface area contributed by atoms with Crippen molar-refractivity contribution in [1.82, 2.24) is 5.32 Å². The highest BCUT2D eigenvalue weighted by Gasteiger charge is 2.20. The van der Waals surface area contributed by atoms with Gasteiger partial charge in [0.15, 0.2) is 0 Å². The van der Waals surface area contributed by atoms with Crippen molar-refractivity contribution in [3.63, 3.8) is 0 Å². The number of hydrogen-bond donors (Lipinski definition) is 2. The van der Waals surface area contributed by atoms with Crippen LogP contribution in [-0.2, 0) is 9.53 Å². The van der Waals surface area contributed by atoms with Crippen molar-refractivity contribution in [2.75, 3.05) is 32.2 Å². The van der Waals surface area contributed by atoms with Gasteiger partial charge in [0.2, 0.25) is 5.91 Å². The highest BCUT2D eigenvalue weighted by atomic mass is 16.5. The number of methoxy groups -OCH3 is 1. The summed E-state index contributed by atoms with van der Waals surface area (Å²) in [6.45, 7) is 3.70. The van der Waals surface area contributed by atoms with Gasteiger partial charge in [0.05, 0.1) is 12.3 Å². The minimum atomic E-state index is 0.00333. The van der Waals surface area contributed by atoms with Crippen LogP contribution in [0, 0.1) is 6.92 Å². The van der Waals surface area contributed by atoms with Crippen LogP contribution in [0.25, 0.3) is 0 Å². The van der Waals surface area contributed by atoms with Crippen LogP contribution in [0.15, 0.2) is 18.2 Å². The Hall–Kier alpha value is -1.59. The van der Waals surface area contributed by atoms with Crippen molar-refractivity contribution in [2.45, 2.75) is 32.2 Å². The predicted octanol–water partition coefficient (Wildman–Crippen LogP) is 2.10. The van der Waals surface area contributed by atoms with E-state index >= 15 is 0 Å². The fourth-order valence-corrected chi connectivity index (χ4v) is 1.98. The van der Waals surface area contributed by atoms with E-state index in [9.17, 15) is 4.79 Å². The van der Waals surface area contributed by atoms with Crippen molar-refractivity contribution < 1.29 is 14.3 Å². The van der Waals surface area contributed by atoms with Crippen molar-refractivity contribution in [1.29, 1.82) is 0 Å². The van der Waals surface area contributed by atoms with Crippen LogP contribution in [0.1, 0.15) is 24.8 Å². The lowest BCUT2D eigenvalue weighted by atomic mass is 10.2. The van der Waals surface area contributed by atoms with Crippen molar-refractivity contribution in [3.8, 4) is 5.75 Å². The van der Waals surface area contributed by atoms with Gasteiger partial charge in [-0.3, -0.25) is 4.79 Å². The van der Waals surface area contributed by atoms with E-state index in [1.165, 1.54) is 12.8 Å². The first-order valence-corrected chi connectivity index (χ1v) is 7.44. The second-order valence-corrected chi connectivity index (χ2v) is 5.37. The maximum atomic E-state index is 12.0. The quantitative estimate of drug-likeness (QED) is 0.684. The zero-order valence-electron chi connectivity index (χ0n) is 12.8. The van der Waals surface area contributed by atoms with Crippen LogP contribution in [0.4, 0.5) is 5.69 Å². The summed E-state index contributed by atoms with van der Waals surface area (Å²) in [4.78, 5) is 12.0. The lowest BCUT2D eigenvalue weighted by molar-refractivity contribution is -0.116. The number of aryl methyl sites for hydroxylation is 1. The monoisotopic (exact) mass is 292 g/mol. The van der Waals surface area contributed by atoms with Gasteiger partial charge in [-0.05, 0) is 37.5 Å². The van der Waals surface area contributed by atoms with E-state index in [0.717, 1.165) is 12.1 Å². The van der Waals surface area contributed by atoms with Gasteiger partial charge >= 0.3 is 0 Å². The van der Waals surface area contributed by atoms with E-state index in [0.29, 0.717) is 37.1 Å². The molecule has 0 saturated heterocycles. The molecule has 5 nitrogen and oxygen atoms in total. The molecular weight excluding hydrogens is 268 g/mol. The number of amides is 1. The van der Waals surface area contributed by atoms with Crippen LogP contribution < -0.4 is 15.4 Å². The molecule has 0 radical (unpaired) electrons. The number of carbonyl (C=O) groups excluding carboxylic acids is 1. The van der Waals surface area contributed by atoms with E-state index < -0.39 is 0 Å². The summed E-state index contributed by atoms with van der Waals surface area (Å²) in [5.74, 6) is 0.694. The van der Waals surface area contributed by atoms with Crippen LogP contribution >= 0.6 is 0 Å². The van der Waals surface area contributed by atoms with Crippen LogP contribution in [0.5, 0.6) is 5.75 Å². The fraction of sp³-hybridized carbons (Fsp3) is 0.562. The summed E-state index contributed by atoms with van der Waals surface area (Å²) in [5.41, 5.74) is 1.81. The number of ether oxygens (including phenoxy) is 2. The molecule has 0 atom stereocenters. The summed E-state index contributed by atoms with van der Waals surface area (Å²) < 4.78 is 10.6. The van der Waals surface area contributed by atoms with Gasteiger partial charge < -0.3 is 20.1 Å². The third-order valence-corrected chi connectivity index (χ3v) is 3.32. The molecule has 21 heavy (non-hydrogen) atoms. The van der Waals surface area contributed by atoms with Crippen LogP contribution in [0.2, 0.25) is 0 Å². The SMILES string of the molecule is COCCOc1cc(C)ccc1NC(=O)CCNC1CC1. The second kappa shape index (κ2) is 8.00. The number of carbonyl (C=O) groups is 1. The molecule has 0 unspecified atom stereocenters. The number of anilines is 1. The molecule has 0 heterocycles. The van der Waals surface area contributed by atoms with Crippen molar-refractivity contribution in [2.24, 2.45) is 0 Å². The molecule has 1 amide bonds. The van der Waals surface area contributed by atoms with Gasteiger partial charge in [-0.15, -0.1) is 0 Å². The molecule has 0 aromatic heterocycles. The van der Waals surface area contributed by atoms with E-state index in [1.54, 1.807) is 7.11 Å². The Kier molecular flexibility index (Phi) is 6.02. The first-order valence-electron chi connectivity index (χ1n) is 7.44. The normalized spacial score (nSPS) is 14.0. The highest BCUT2D eigenvalue weighted by Crippen LogP contribution is 2.26. The largest absolute Gasteiger partial charge is 0.489 e. The summed E-state index contributed by atoms with van der Waals surface area (Å²) >= 11 is 0. The number of hydrogen-bond acceptors (Lipinski definition) is 4. The Morgan fingerprint density at radius 2 is 2.14 bits per heavy atom. The minimum absolute atomic E-state index is 0.00333. The number of benzene rings is 1. The third-order valence-electron chi connectivity index (χ3n) is 3.32. The second-order valence-electron chi connectivity index (χ2n) is 5.37. The van der Waals surface area contributed by atoms with Crippen LogP contribution in [-0.4, -0.2) is 38.8 Å². The topological polar surface area (TPSA) is 59.6 Å². The van der Waals surface area contributed by atoms with Crippen molar-refractivity contribution in [3.05, 3.63) is 23.8 Å². The zero-order valence-corrected chi connectivity index (χ0v) is 12.8. The molecule has 0 aliphatic heterocycles. The smallest absolute Gasteiger partial charge is 0.225 e. The molecule has 116 valence electrons. The molecule has 2 N–H and O–H groups in total. The lowest BCUT2D eigenvalue weighted by Crippen LogP contribution is -2.23. The van der Waals surface area contributed by atoms with Gasteiger partial charge in [-0.2, -0.15) is 0 Å². The Bertz CT molecular complexity index is 473. The number of nitrogens with one attached hydrogen (secondary N) is 2. The maximum Gasteiger partial charge on any atom is 0.225 e. The fourth-order valence-electron chi connectivity index (χ4n) is 1.98. The van der Waals surface area contributed by atoms with E-state index in [2.05, 4.69) is 10.6 Å². The minimum Gasteiger partial charge on any atom is -0.489 e. The molecule has 1 fully saturated rings. The molecule has 2 rings (SSSR count). The molecule has 1 aliphatic rings. The maximum absolute atomic E-state index is 12.0. The molecule has 1 aliphatic carbocycles. The molecule has 1 aromatic carbocycles. The summed E-state index contributed by atoms with van der Waals surface area (Å²) in [6, 6.07) is 6.39. The average Bonchev–Trinajstić information content (AvgIpc) is 3.26. The molecule has 1 saturated carbocycles. The molecule has 5 heteroatoms. The molecule has 1 aromatic rings. The Balaban J connectivity index is 1.85. The van der Waals surface area contributed by atoms with Crippen LogP contribution in [0.3, 0.4) is 0 Å². The molecule has 0 spiro atoms. The Labute approximate surface area is 126 Å². The van der Waals surface area contributed by atoms with Gasteiger partial charge in [0.1, 0.15) is 12.4 Å². The van der Waals surface area contributed by atoms with Gasteiger partial charge in [0.25, 0.3) is 0 Å². The first-order chi connectivity index (χ1) is 10.2. The van der Waals surface area contributed by atoms with E-state index in [1.807, 2.05) is 25.1 Å². The zero-order chi connectivity index (χ0) is 15.1. The molecule has 0 bridgehead atoms. The van der Waals surface area contributed by atoms with E-state index in [-0.39, 0.29) is 5.91 Å². The van der Waals surface area contributed by atoms with Gasteiger partial charge in [0, 0.05) is 26.1 Å². The molecular formula is C16H24N2O3. The first kappa shape index (κ1) is 15.8. The summed E-state index contributed by atoms with van der Waals surface area (Å²) in [6.07, 6.45) is 2.94. The van der Waals surface area contributed by atoms with Gasteiger partial charge in [-0.1, -0.05) is 6.07 Å². The van der Waals surface area contributed by atoms with E-state index in [4.69, 9.17) is 9.47 Å². The lowest BCUT2D eigenvalue weighted by Gasteiger charge is -2.13. The average molecular weight is 292 g/mol. The Morgan fingerprint density at radius 1 is 1.33 bits per heavy atom. The Morgan fingerprint density at radius 3 is 2.86 bits per heavy atom. The highest BCUT2D eigenvalue weighted by molar-refractivity contribution is 5.92. The third kappa shape index (κ3) is 5.73. The summed E-state index contributed by atoms with van der Waals surface area (Å²) in [5, 5.41) is 6.24. The standard InChI is InChI=1S/C16H24N2O3/c1-12-3-6-14(15(11-12)21-10-9-20-2)18-16(19)7-8-17-13-4-5-13/h3,6,11,13,17H,4-5,7-10H2,1-2H3,(H,18,19). The number of rotatable bonds is 9. The summed E-state index contributed by atoms with van der Waals surface area (Å²) in [7, 11) is 1.63. The van der Waals surface area contributed by atoms with Crippen molar-refractivity contribution >= 4 is 11.6 Å².